The first-order valence-corrected chi connectivity index (χ1v) is 5.88. The number of rotatable bonds is 3. The van der Waals surface area contributed by atoms with Crippen LogP contribution in [0.25, 0.3) is 0 Å². The smallest absolute Gasteiger partial charge is 0.0963 e. The zero-order valence-electron chi connectivity index (χ0n) is 10.0. The maximum Gasteiger partial charge on any atom is 0.0963 e. The Kier molecular flexibility index (Phi) is 3.30. The average molecular weight is 224 g/mol. The fourth-order valence-corrected chi connectivity index (χ4v) is 2.60. The van der Waals surface area contributed by atoms with E-state index in [1.165, 1.54) is 0 Å². The first kappa shape index (κ1) is 11.6. The van der Waals surface area contributed by atoms with Gasteiger partial charge in [-0.2, -0.15) is 5.10 Å². The molecule has 4 nitrogen and oxygen atoms in total. The van der Waals surface area contributed by atoms with Gasteiger partial charge in [0.15, 0.2) is 0 Å². The van der Waals surface area contributed by atoms with Crippen molar-refractivity contribution in [2.45, 2.75) is 43.8 Å². The third-order valence-electron chi connectivity index (χ3n) is 3.47. The molecular formula is C12H20N2O2. The Morgan fingerprint density at radius 2 is 2.44 bits per heavy atom. The number of hydrogen-bond donors (Lipinski definition) is 1. The van der Waals surface area contributed by atoms with Crippen LogP contribution in [-0.2, 0) is 18.2 Å². The molecule has 2 rings (SSSR count). The maximum atomic E-state index is 10.6. The Morgan fingerprint density at radius 1 is 1.62 bits per heavy atom. The Hall–Kier alpha value is -0.870. The van der Waals surface area contributed by atoms with Gasteiger partial charge in [0.2, 0.25) is 0 Å². The van der Waals surface area contributed by atoms with Gasteiger partial charge in [-0.15, -0.1) is 0 Å². The van der Waals surface area contributed by atoms with Gasteiger partial charge in [0.05, 0.1) is 17.4 Å². The number of ether oxygens (including phenoxy) is 1. The van der Waals surface area contributed by atoms with Crippen LogP contribution in [0.5, 0.6) is 0 Å². The molecule has 1 fully saturated rings. The van der Waals surface area contributed by atoms with Crippen LogP contribution in [0.3, 0.4) is 0 Å². The van der Waals surface area contributed by atoms with Crippen molar-refractivity contribution < 1.29 is 9.84 Å². The first-order chi connectivity index (χ1) is 7.64. The van der Waals surface area contributed by atoms with E-state index in [2.05, 4.69) is 5.10 Å². The summed E-state index contributed by atoms with van der Waals surface area (Å²) in [6.45, 7) is 0. The van der Waals surface area contributed by atoms with E-state index in [1.54, 1.807) is 11.8 Å². The van der Waals surface area contributed by atoms with Gasteiger partial charge in [0, 0.05) is 26.8 Å². The number of aliphatic hydroxyl groups is 1. The lowest BCUT2D eigenvalue weighted by Crippen LogP contribution is -2.47. The molecule has 4 heteroatoms. The van der Waals surface area contributed by atoms with Crippen LogP contribution in [0.15, 0.2) is 12.3 Å². The van der Waals surface area contributed by atoms with Crippen molar-refractivity contribution in [3.63, 3.8) is 0 Å². The number of aromatic nitrogens is 2. The zero-order chi connectivity index (χ0) is 11.6. The molecule has 0 amide bonds. The third-order valence-corrected chi connectivity index (χ3v) is 3.47. The highest BCUT2D eigenvalue weighted by molar-refractivity contribution is 5.07. The van der Waals surface area contributed by atoms with E-state index in [0.29, 0.717) is 6.42 Å². The Balaban J connectivity index is 2.10. The van der Waals surface area contributed by atoms with Crippen LogP contribution >= 0.6 is 0 Å². The van der Waals surface area contributed by atoms with Gasteiger partial charge in [-0.3, -0.25) is 4.68 Å². The summed E-state index contributed by atoms with van der Waals surface area (Å²) in [4.78, 5) is 0. The minimum absolute atomic E-state index is 0.0525. The van der Waals surface area contributed by atoms with E-state index in [1.807, 2.05) is 19.3 Å². The van der Waals surface area contributed by atoms with Gasteiger partial charge in [0.1, 0.15) is 0 Å². The molecule has 0 aliphatic heterocycles. The molecule has 0 bridgehead atoms. The minimum atomic E-state index is -0.735. The monoisotopic (exact) mass is 224 g/mol. The number of methoxy groups -OCH3 is 1. The summed E-state index contributed by atoms with van der Waals surface area (Å²) < 4.78 is 7.17. The fourth-order valence-electron chi connectivity index (χ4n) is 2.60. The highest BCUT2D eigenvalue weighted by atomic mass is 16.5. The first-order valence-electron chi connectivity index (χ1n) is 5.88. The van der Waals surface area contributed by atoms with Crippen molar-refractivity contribution in [2.24, 2.45) is 7.05 Å². The third kappa shape index (κ3) is 2.28. The van der Waals surface area contributed by atoms with Crippen molar-refractivity contribution >= 4 is 0 Å². The van der Waals surface area contributed by atoms with Gasteiger partial charge in [0.25, 0.3) is 0 Å². The predicted molar refractivity (Wildman–Crippen MR) is 61.1 cm³/mol. The van der Waals surface area contributed by atoms with E-state index in [4.69, 9.17) is 4.74 Å². The molecule has 0 aromatic carbocycles. The van der Waals surface area contributed by atoms with Crippen molar-refractivity contribution in [1.82, 2.24) is 9.78 Å². The second kappa shape index (κ2) is 4.55. The molecule has 1 heterocycles. The van der Waals surface area contributed by atoms with Crippen molar-refractivity contribution in [3.05, 3.63) is 18.0 Å². The normalized spacial score (nSPS) is 30.6. The van der Waals surface area contributed by atoms with Crippen LogP contribution in [0.1, 0.15) is 31.4 Å². The lowest BCUT2D eigenvalue weighted by Gasteiger charge is -2.38. The summed E-state index contributed by atoms with van der Waals surface area (Å²) in [5.41, 5.74) is 0.204. The number of nitrogens with zero attached hydrogens (tertiary/aromatic N) is 2. The molecule has 1 aliphatic carbocycles. The van der Waals surface area contributed by atoms with Gasteiger partial charge in [-0.25, -0.2) is 0 Å². The molecular weight excluding hydrogens is 204 g/mol. The summed E-state index contributed by atoms with van der Waals surface area (Å²) in [5, 5.41) is 14.9. The van der Waals surface area contributed by atoms with Crippen LogP contribution < -0.4 is 0 Å². The summed E-state index contributed by atoms with van der Waals surface area (Å²) in [7, 11) is 3.57. The van der Waals surface area contributed by atoms with Crippen molar-refractivity contribution in [3.8, 4) is 0 Å². The molecule has 2 atom stereocenters. The molecule has 0 spiro atoms. The molecule has 1 aromatic heterocycles. The molecule has 0 saturated heterocycles. The number of aryl methyl sites for hydroxylation is 1. The molecule has 1 saturated carbocycles. The highest BCUT2D eigenvalue weighted by Gasteiger charge is 2.39. The fraction of sp³-hybridized carbons (Fsp3) is 0.750. The second-order valence-corrected chi connectivity index (χ2v) is 4.73. The van der Waals surface area contributed by atoms with Crippen LogP contribution in [0, 0.1) is 0 Å². The molecule has 2 unspecified atom stereocenters. The molecule has 1 N–H and O–H groups in total. The lowest BCUT2D eigenvalue weighted by atomic mass is 9.79. The maximum absolute atomic E-state index is 10.6. The molecule has 0 radical (unpaired) electrons. The minimum Gasteiger partial charge on any atom is -0.387 e. The van der Waals surface area contributed by atoms with Gasteiger partial charge < -0.3 is 9.84 Å². The predicted octanol–water partition coefficient (Wildman–Crippen LogP) is 1.28. The molecule has 1 aromatic rings. The second-order valence-electron chi connectivity index (χ2n) is 4.73. The van der Waals surface area contributed by atoms with Crippen molar-refractivity contribution in [2.75, 3.05) is 7.11 Å². The van der Waals surface area contributed by atoms with Gasteiger partial charge in [-0.1, -0.05) is 12.8 Å². The summed E-state index contributed by atoms with van der Waals surface area (Å²) in [5.74, 6) is 0. The Morgan fingerprint density at radius 3 is 3.06 bits per heavy atom. The van der Waals surface area contributed by atoms with Crippen LogP contribution in [-0.4, -0.2) is 33.7 Å². The SMILES string of the molecule is COC1CCCCC1(O)Cc1ccn(C)n1. The van der Waals surface area contributed by atoms with E-state index < -0.39 is 5.60 Å². The zero-order valence-corrected chi connectivity index (χ0v) is 10.0. The van der Waals surface area contributed by atoms with E-state index in [9.17, 15) is 5.11 Å². The van der Waals surface area contributed by atoms with E-state index >= 15 is 0 Å². The topological polar surface area (TPSA) is 47.3 Å². The molecule has 16 heavy (non-hydrogen) atoms. The van der Waals surface area contributed by atoms with E-state index in [0.717, 1.165) is 31.4 Å². The summed E-state index contributed by atoms with van der Waals surface area (Å²) in [6, 6.07) is 1.96. The van der Waals surface area contributed by atoms with Gasteiger partial charge >= 0.3 is 0 Å². The Bertz CT molecular complexity index is 351. The highest BCUT2D eigenvalue weighted by Crippen LogP contribution is 2.32. The van der Waals surface area contributed by atoms with E-state index in [-0.39, 0.29) is 6.10 Å². The average Bonchev–Trinajstić information content (AvgIpc) is 2.64. The Labute approximate surface area is 96.2 Å². The number of hydrogen-bond acceptors (Lipinski definition) is 3. The van der Waals surface area contributed by atoms with Gasteiger partial charge in [-0.05, 0) is 18.9 Å². The summed E-state index contributed by atoms with van der Waals surface area (Å²) in [6.07, 6.45) is 6.41. The quantitative estimate of drug-likeness (QED) is 0.841. The lowest BCUT2D eigenvalue weighted by molar-refractivity contribution is -0.116. The summed E-state index contributed by atoms with van der Waals surface area (Å²) >= 11 is 0. The largest absolute Gasteiger partial charge is 0.387 e. The van der Waals surface area contributed by atoms with Crippen LogP contribution in [0.2, 0.25) is 0 Å². The molecule has 90 valence electrons. The standard InChI is InChI=1S/C12H20N2O2/c1-14-8-6-10(13-14)9-12(15)7-4-3-5-11(12)16-2/h6,8,11,15H,3-5,7,9H2,1-2H3. The molecule has 1 aliphatic rings. The van der Waals surface area contributed by atoms with Crippen LogP contribution in [0.4, 0.5) is 0 Å². The van der Waals surface area contributed by atoms with Crippen molar-refractivity contribution in [1.29, 1.82) is 0 Å².